The van der Waals surface area contributed by atoms with Crippen molar-refractivity contribution < 1.29 is 14.7 Å². The maximum atomic E-state index is 11.5. The lowest BCUT2D eigenvalue weighted by Crippen LogP contribution is -2.30. The molecule has 0 saturated carbocycles. The van der Waals surface area contributed by atoms with E-state index in [4.69, 9.17) is 5.11 Å². The number of amides is 1. The number of hydrogen-bond donors (Lipinski definition) is 2. The molecule has 21 heavy (non-hydrogen) atoms. The highest BCUT2D eigenvalue weighted by atomic mass is 16.4. The van der Waals surface area contributed by atoms with Crippen molar-refractivity contribution in [2.45, 2.75) is 33.1 Å². The van der Waals surface area contributed by atoms with E-state index in [-0.39, 0.29) is 18.9 Å². The number of carboxylic acid groups (broad SMARTS) is 1. The third-order valence-electron chi connectivity index (χ3n) is 3.24. The molecule has 0 saturated heterocycles. The number of benzene rings is 1. The maximum absolute atomic E-state index is 11.5. The Hall–Kier alpha value is -2.10. The molecule has 1 aromatic rings. The van der Waals surface area contributed by atoms with Gasteiger partial charge in [0.15, 0.2) is 0 Å². The lowest BCUT2D eigenvalue weighted by Gasteiger charge is -2.07. The van der Waals surface area contributed by atoms with E-state index < -0.39 is 11.9 Å². The van der Waals surface area contributed by atoms with Crippen LogP contribution in [0.3, 0.4) is 0 Å². The Morgan fingerprint density at radius 2 is 1.81 bits per heavy atom. The molecule has 0 aliphatic rings. The first-order valence-corrected chi connectivity index (χ1v) is 7.16. The van der Waals surface area contributed by atoms with Crippen molar-refractivity contribution in [2.75, 3.05) is 6.54 Å². The number of carboxylic acids is 1. The quantitative estimate of drug-likeness (QED) is 0.810. The molecule has 0 aliphatic carbocycles. The molecule has 4 heteroatoms. The Labute approximate surface area is 125 Å². The lowest BCUT2D eigenvalue weighted by atomic mass is 10.0. The number of carbonyl (C=O) groups excluding carboxylic acids is 1. The SMILES string of the molecule is CC(CNC(=O)C/C=C/c1ccc(C(C)C)cc1)C(=O)O. The third-order valence-corrected chi connectivity index (χ3v) is 3.24. The summed E-state index contributed by atoms with van der Waals surface area (Å²) in [7, 11) is 0. The van der Waals surface area contributed by atoms with Gasteiger partial charge in [0.25, 0.3) is 0 Å². The van der Waals surface area contributed by atoms with Crippen LogP contribution in [0, 0.1) is 5.92 Å². The van der Waals surface area contributed by atoms with Crippen molar-refractivity contribution in [3.63, 3.8) is 0 Å². The molecule has 1 atom stereocenters. The first-order valence-electron chi connectivity index (χ1n) is 7.16. The predicted molar refractivity (Wildman–Crippen MR) is 84.0 cm³/mol. The zero-order chi connectivity index (χ0) is 15.8. The van der Waals surface area contributed by atoms with Gasteiger partial charge in [0.1, 0.15) is 0 Å². The van der Waals surface area contributed by atoms with Crippen molar-refractivity contribution in [1.82, 2.24) is 5.32 Å². The fourth-order valence-corrected chi connectivity index (χ4v) is 1.72. The van der Waals surface area contributed by atoms with E-state index in [0.29, 0.717) is 5.92 Å². The zero-order valence-corrected chi connectivity index (χ0v) is 12.8. The summed E-state index contributed by atoms with van der Waals surface area (Å²) in [6, 6.07) is 8.21. The van der Waals surface area contributed by atoms with Gasteiger partial charge in [-0.2, -0.15) is 0 Å². The molecule has 0 aromatic heterocycles. The van der Waals surface area contributed by atoms with Crippen molar-refractivity contribution >= 4 is 18.0 Å². The molecule has 0 aliphatic heterocycles. The summed E-state index contributed by atoms with van der Waals surface area (Å²) in [6.45, 7) is 6.01. The second-order valence-electron chi connectivity index (χ2n) is 5.47. The average Bonchev–Trinajstić information content (AvgIpc) is 2.45. The number of aliphatic carboxylic acids is 1. The molecule has 1 amide bonds. The molecule has 0 heterocycles. The number of nitrogens with one attached hydrogen (secondary N) is 1. The minimum atomic E-state index is -0.906. The molecule has 0 radical (unpaired) electrons. The van der Waals surface area contributed by atoms with Crippen LogP contribution in [0.2, 0.25) is 0 Å². The Balaban J connectivity index is 2.40. The van der Waals surface area contributed by atoms with Gasteiger partial charge in [-0.25, -0.2) is 0 Å². The van der Waals surface area contributed by atoms with Crippen LogP contribution in [0.15, 0.2) is 30.3 Å². The predicted octanol–water partition coefficient (Wildman–Crippen LogP) is 3.05. The summed E-state index contributed by atoms with van der Waals surface area (Å²) >= 11 is 0. The first kappa shape index (κ1) is 17.0. The van der Waals surface area contributed by atoms with Crippen LogP contribution in [-0.4, -0.2) is 23.5 Å². The van der Waals surface area contributed by atoms with E-state index in [1.54, 1.807) is 13.0 Å². The van der Waals surface area contributed by atoms with Crippen LogP contribution < -0.4 is 5.32 Å². The maximum Gasteiger partial charge on any atom is 0.308 e. The van der Waals surface area contributed by atoms with Gasteiger partial charge in [-0.05, 0) is 17.0 Å². The summed E-state index contributed by atoms with van der Waals surface area (Å²) in [6.07, 6.45) is 3.92. The largest absolute Gasteiger partial charge is 0.481 e. The summed E-state index contributed by atoms with van der Waals surface area (Å²) in [5.74, 6) is -1.14. The molecule has 2 N–H and O–H groups in total. The second-order valence-corrected chi connectivity index (χ2v) is 5.47. The second kappa shape index (κ2) is 8.25. The van der Waals surface area contributed by atoms with Crippen LogP contribution in [0.1, 0.15) is 44.2 Å². The average molecular weight is 289 g/mol. The number of rotatable bonds is 7. The van der Waals surface area contributed by atoms with Gasteiger partial charge in [-0.1, -0.05) is 57.2 Å². The van der Waals surface area contributed by atoms with Crippen molar-refractivity contribution in [2.24, 2.45) is 5.92 Å². The molecule has 0 fully saturated rings. The van der Waals surface area contributed by atoms with Crippen LogP contribution in [0.25, 0.3) is 6.08 Å². The van der Waals surface area contributed by atoms with Gasteiger partial charge in [0.2, 0.25) is 5.91 Å². The minimum absolute atomic E-state index is 0.158. The molecule has 1 aromatic carbocycles. The number of carbonyl (C=O) groups is 2. The Bertz CT molecular complexity index is 503. The summed E-state index contributed by atoms with van der Waals surface area (Å²) in [5, 5.41) is 11.3. The van der Waals surface area contributed by atoms with E-state index in [0.717, 1.165) is 5.56 Å². The van der Waals surface area contributed by atoms with Gasteiger partial charge in [-0.15, -0.1) is 0 Å². The van der Waals surface area contributed by atoms with E-state index >= 15 is 0 Å². The Kier molecular flexibility index (Phi) is 6.66. The zero-order valence-electron chi connectivity index (χ0n) is 12.8. The summed E-state index contributed by atoms with van der Waals surface area (Å²) < 4.78 is 0. The lowest BCUT2D eigenvalue weighted by molar-refractivity contribution is -0.141. The molecule has 4 nitrogen and oxygen atoms in total. The van der Waals surface area contributed by atoms with Crippen molar-refractivity contribution in [3.05, 3.63) is 41.5 Å². The molecule has 1 unspecified atom stereocenters. The standard InChI is InChI=1S/C17H23NO3/c1-12(2)15-9-7-14(8-10-15)5-4-6-16(19)18-11-13(3)17(20)21/h4-5,7-10,12-13H,6,11H2,1-3H3,(H,18,19)(H,20,21)/b5-4+. The van der Waals surface area contributed by atoms with E-state index in [1.807, 2.05) is 18.2 Å². The third kappa shape index (κ3) is 6.25. The fraction of sp³-hybridized carbons (Fsp3) is 0.412. The smallest absolute Gasteiger partial charge is 0.308 e. The highest BCUT2D eigenvalue weighted by molar-refractivity contribution is 5.79. The highest BCUT2D eigenvalue weighted by Crippen LogP contribution is 2.15. The fourth-order valence-electron chi connectivity index (χ4n) is 1.72. The minimum Gasteiger partial charge on any atom is -0.481 e. The molecule has 0 spiro atoms. The summed E-state index contributed by atoms with van der Waals surface area (Å²) in [4.78, 5) is 22.2. The van der Waals surface area contributed by atoms with E-state index in [1.165, 1.54) is 5.56 Å². The van der Waals surface area contributed by atoms with Gasteiger partial charge in [0.05, 0.1) is 5.92 Å². The topological polar surface area (TPSA) is 66.4 Å². The molecular weight excluding hydrogens is 266 g/mol. The van der Waals surface area contributed by atoms with Crippen LogP contribution in [0.5, 0.6) is 0 Å². The molecule has 1 rings (SSSR count). The van der Waals surface area contributed by atoms with E-state index in [9.17, 15) is 9.59 Å². The first-order chi connectivity index (χ1) is 9.90. The van der Waals surface area contributed by atoms with Crippen molar-refractivity contribution in [3.8, 4) is 0 Å². The van der Waals surface area contributed by atoms with Crippen LogP contribution in [0.4, 0.5) is 0 Å². The Morgan fingerprint density at radius 1 is 1.19 bits per heavy atom. The van der Waals surface area contributed by atoms with E-state index in [2.05, 4.69) is 31.3 Å². The van der Waals surface area contributed by atoms with Crippen LogP contribution in [-0.2, 0) is 9.59 Å². The van der Waals surface area contributed by atoms with Gasteiger partial charge in [0, 0.05) is 13.0 Å². The molecule has 0 bridgehead atoms. The molecular formula is C17H23NO3. The normalized spacial score (nSPS) is 12.6. The number of hydrogen-bond acceptors (Lipinski definition) is 2. The monoisotopic (exact) mass is 289 g/mol. The van der Waals surface area contributed by atoms with Gasteiger partial charge in [-0.3, -0.25) is 9.59 Å². The Morgan fingerprint density at radius 3 is 2.33 bits per heavy atom. The van der Waals surface area contributed by atoms with Gasteiger partial charge >= 0.3 is 5.97 Å². The van der Waals surface area contributed by atoms with Crippen LogP contribution >= 0.6 is 0 Å². The highest BCUT2D eigenvalue weighted by Gasteiger charge is 2.11. The van der Waals surface area contributed by atoms with Gasteiger partial charge < -0.3 is 10.4 Å². The van der Waals surface area contributed by atoms with Crippen molar-refractivity contribution in [1.29, 1.82) is 0 Å². The molecule has 114 valence electrons. The summed E-state index contributed by atoms with van der Waals surface area (Å²) in [5.41, 5.74) is 2.33.